The molecule has 1 N–H and O–H groups in total. The Labute approximate surface area is 70.4 Å². The monoisotopic (exact) mass is 167 g/mol. The first kappa shape index (κ1) is 8.87. The van der Waals surface area contributed by atoms with Crippen molar-refractivity contribution in [2.45, 2.75) is 0 Å². The van der Waals surface area contributed by atoms with E-state index in [1.165, 1.54) is 18.2 Å². The van der Waals surface area contributed by atoms with Crippen molar-refractivity contribution in [3.8, 4) is 0 Å². The SMILES string of the molecule is CNCC(=O)c1cccc(F)c1. The van der Waals surface area contributed by atoms with E-state index in [1.807, 2.05) is 0 Å². The van der Waals surface area contributed by atoms with E-state index in [0.717, 1.165) is 0 Å². The zero-order chi connectivity index (χ0) is 8.97. The van der Waals surface area contributed by atoms with Gasteiger partial charge in [-0.2, -0.15) is 0 Å². The molecule has 0 saturated carbocycles. The first-order valence-electron chi connectivity index (χ1n) is 3.67. The van der Waals surface area contributed by atoms with Crippen LogP contribution in [0.15, 0.2) is 24.3 Å². The predicted octanol–water partition coefficient (Wildman–Crippen LogP) is 1.23. The minimum atomic E-state index is -0.378. The number of Topliss-reactive ketones (excluding diaryl/α,β-unsaturated/α-hetero) is 1. The van der Waals surface area contributed by atoms with Gasteiger partial charge in [-0.1, -0.05) is 12.1 Å². The average Bonchev–Trinajstić information content (AvgIpc) is 2.05. The minimum Gasteiger partial charge on any atom is -0.313 e. The Bertz CT molecular complexity index is 286. The topological polar surface area (TPSA) is 29.1 Å². The lowest BCUT2D eigenvalue weighted by Crippen LogP contribution is -2.18. The Hall–Kier alpha value is -1.22. The van der Waals surface area contributed by atoms with Crippen LogP contribution in [0.1, 0.15) is 10.4 Å². The Balaban J connectivity index is 2.81. The van der Waals surface area contributed by atoms with Crippen LogP contribution in [-0.4, -0.2) is 19.4 Å². The van der Waals surface area contributed by atoms with Crippen molar-refractivity contribution in [1.82, 2.24) is 5.32 Å². The molecule has 0 unspecified atom stereocenters. The summed E-state index contributed by atoms with van der Waals surface area (Å²) >= 11 is 0. The van der Waals surface area contributed by atoms with E-state index in [1.54, 1.807) is 13.1 Å². The molecule has 0 heterocycles. The van der Waals surface area contributed by atoms with Crippen LogP contribution < -0.4 is 5.32 Å². The number of rotatable bonds is 3. The summed E-state index contributed by atoms with van der Waals surface area (Å²) in [6.45, 7) is 0.240. The molecule has 0 atom stereocenters. The standard InChI is InChI=1S/C9H10FNO/c1-11-6-9(12)7-3-2-4-8(10)5-7/h2-5,11H,6H2,1H3. The molecule has 12 heavy (non-hydrogen) atoms. The van der Waals surface area contributed by atoms with Crippen molar-refractivity contribution in [1.29, 1.82) is 0 Å². The van der Waals surface area contributed by atoms with Crippen molar-refractivity contribution in [3.63, 3.8) is 0 Å². The molecular weight excluding hydrogens is 157 g/mol. The second-order valence-electron chi connectivity index (χ2n) is 2.46. The number of carbonyl (C=O) groups is 1. The van der Waals surface area contributed by atoms with Crippen molar-refractivity contribution >= 4 is 5.78 Å². The number of likely N-dealkylation sites (N-methyl/N-ethyl adjacent to an activating group) is 1. The van der Waals surface area contributed by atoms with Crippen molar-refractivity contribution in [2.75, 3.05) is 13.6 Å². The number of hydrogen-bond donors (Lipinski definition) is 1. The number of hydrogen-bond acceptors (Lipinski definition) is 2. The summed E-state index contributed by atoms with van der Waals surface area (Å²) in [4.78, 5) is 11.2. The second-order valence-corrected chi connectivity index (χ2v) is 2.46. The number of nitrogens with one attached hydrogen (secondary N) is 1. The third kappa shape index (κ3) is 2.13. The molecule has 0 bridgehead atoms. The largest absolute Gasteiger partial charge is 0.313 e. The van der Waals surface area contributed by atoms with E-state index in [4.69, 9.17) is 0 Å². The molecule has 0 fully saturated rings. The molecule has 0 amide bonds. The highest BCUT2D eigenvalue weighted by Crippen LogP contribution is 2.03. The molecule has 1 aromatic carbocycles. The van der Waals surface area contributed by atoms with Gasteiger partial charge in [0.25, 0.3) is 0 Å². The molecular formula is C9H10FNO. The fraction of sp³-hybridized carbons (Fsp3) is 0.222. The van der Waals surface area contributed by atoms with Crippen LogP contribution in [0.4, 0.5) is 4.39 Å². The number of ketones is 1. The molecule has 0 saturated heterocycles. The maximum Gasteiger partial charge on any atom is 0.176 e. The average molecular weight is 167 g/mol. The van der Waals surface area contributed by atoms with Gasteiger partial charge in [-0.25, -0.2) is 4.39 Å². The van der Waals surface area contributed by atoms with Gasteiger partial charge in [-0.15, -0.1) is 0 Å². The Morgan fingerprint density at radius 2 is 2.33 bits per heavy atom. The molecule has 1 aromatic rings. The molecule has 0 radical (unpaired) electrons. The van der Waals surface area contributed by atoms with Crippen molar-refractivity contribution in [3.05, 3.63) is 35.6 Å². The highest BCUT2D eigenvalue weighted by molar-refractivity contribution is 5.97. The summed E-state index contributed by atoms with van der Waals surface area (Å²) in [6.07, 6.45) is 0. The molecule has 0 aromatic heterocycles. The Morgan fingerprint density at radius 1 is 1.58 bits per heavy atom. The molecule has 0 aliphatic rings. The lowest BCUT2D eigenvalue weighted by molar-refractivity contribution is 0.0993. The van der Waals surface area contributed by atoms with Gasteiger partial charge < -0.3 is 5.32 Å². The lowest BCUT2D eigenvalue weighted by Gasteiger charge is -1.98. The van der Waals surface area contributed by atoms with E-state index >= 15 is 0 Å². The third-order valence-electron chi connectivity index (χ3n) is 1.48. The van der Waals surface area contributed by atoms with Gasteiger partial charge in [0.05, 0.1) is 6.54 Å². The van der Waals surface area contributed by atoms with Crippen LogP contribution in [0.2, 0.25) is 0 Å². The maximum atomic E-state index is 12.6. The first-order valence-corrected chi connectivity index (χ1v) is 3.67. The molecule has 1 rings (SSSR count). The summed E-state index contributed by atoms with van der Waals surface area (Å²) in [5, 5.41) is 2.71. The molecule has 0 aliphatic carbocycles. The summed E-state index contributed by atoms with van der Waals surface area (Å²) in [5.74, 6) is -0.478. The van der Waals surface area contributed by atoms with E-state index in [-0.39, 0.29) is 18.1 Å². The van der Waals surface area contributed by atoms with E-state index < -0.39 is 0 Å². The maximum absolute atomic E-state index is 12.6. The quantitative estimate of drug-likeness (QED) is 0.686. The fourth-order valence-electron chi connectivity index (χ4n) is 0.925. The van der Waals surface area contributed by atoms with Gasteiger partial charge in [-0.05, 0) is 19.2 Å². The zero-order valence-electron chi connectivity index (χ0n) is 6.80. The van der Waals surface area contributed by atoms with Crippen molar-refractivity contribution in [2.24, 2.45) is 0 Å². The third-order valence-corrected chi connectivity index (χ3v) is 1.48. The summed E-state index contributed by atoms with van der Waals surface area (Å²) in [5.41, 5.74) is 0.407. The highest BCUT2D eigenvalue weighted by atomic mass is 19.1. The molecule has 0 spiro atoms. The number of carbonyl (C=O) groups excluding carboxylic acids is 1. The number of halogens is 1. The fourth-order valence-corrected chi connectivity index (χ4v) is 0.925. The second kappa shape index (κ2) is 3.97. The normalized spacial score (nSPS) is 9.83. The van der Waals surface area contributed by atoms with Gasteiger partial charge in [0.15, 0.2) is 5.78 Å². The van der Waals surface area contributed by atoms with Gasteiger partial charge in [-0.3, -0.25) is 4.79 Å². The van der Waals surface area contributed by atoms with Gasteiger partial charge >= 0.3 is 0 Å². The summed E-state index contributed by atoms with van der Waals surface area (Å²) in [6, 6.07) is 5.68. The number of benzene rings is 1. The van der Waals surface area contributed by atoms with Gasteiger partial charge in [0.2, 0.25) is 0 Å². The van der Waals surface area contributed by atoms with E-state index in [9.17, 15) is 9.18 Å². The molecule has 3 heteroatoms. The summed E-state index contributed by atoms with van der Waals surface area (Å²) < 4.78 is 12.6. The zero-order valence-corrected chi connectivity index (χ0v) is 6.80. The Kier molecular flexibility index (Phi) is 2.94. The van der Waals surface area contributed by atoms with Crippen molar-refractivity contribution < 1.29 is 9.18 Å². The van der Waals surface area contributed by atoms with Gasteiger partial charge in [0.1, 0.15) is 5.82 Å². The predicted molar refractivity (Wildman–Crippen MR) is 44.7 cm³/mol. The lowest BCUT2D eigenvalue weighted by atomic mass is 10.1. The smallest absolute Gasteiger partial charge is 0.176 e. The molecule has 0 aliphatic heterocycles. The first-order chi connectivity index (χ1) is 5.74. The summed E-state index contributed by atoms with van der Waals surface area (Å²) in [7, 11) is 1.68. The van der Waals surface area contributed by atoms with Crippen LogP contribution >= 0.6 is 0 Å². The van der Waals surface area contributed by atoms with Crippen LogP contribution in [0.3, 0.4) is 0 Å². The van der Waals surface area contributed by atoms with Crippen LogP contribution in [0.5, 0.6) is 0 Å². The van der Waals surface area contributed by atoms with Gasteiger partial charge in [0, 0.05) is 5.56 Å². The highest BCUT2D eigenvalue weighted by Gasteiger charge is 2.03. The van der Waals surface area contributed by atoms with E-state index in [0.29, 0.717) is 5.56 Å². The van der Waals surface area contributed by atoms with E-state index in [2.05, 4.69) is 5.32 Å². The minimum absolute atomic E-state index is 0.1000. The van der Waals surface area contributed by atoms with Crippen LogP contribution in [0, 0.1) is 5.82 Å². The molecule has 2 nitrogen and oxygen atoms in total. The van der Waals surface area contributed by atoms with Crippen LogP contribution in [0.25, 0.3) is 0 Å². The molecule has 64 valence electrons. The Morgan fingerprint density at radius 3 is 2.92 bits per heavy atom. The van der Waals surface area contributed by atoms with Crippen LogP contribution in [-0.2, 0) is 0 Å².